The molecule has 0 aliphatic carbocycles. The molecule has 1 N–H and O–H groups in total. The van der Waals surface area contributed by atoms with Crippen molar-refractivity contribution in [2.45, 2.75) is 19.5 Å². The normalized spacial score (nSPS) is 11.0. The van der Waals surface area contributed by atoms with E-state index in [9.17, 15) is 9.18 Å². The summed E-state index contributed by atoms with van der Waals surface area (Å²) in [7, 11) is 0. The van der Waals surface area contributed by atoms with Gasteiger partial charge in [0.25, 0.3) is 5.91 Å². The van der Waals surface area contributed by atoms with Crippen molar-refractivity contribution in [3.8, 4) is 6.07 Å². The number of hydrogen-bond acceptors (Lipinski definition) is 6. The Morgan fingerprint density at radius 1 is 1.28 bits per heavy atom. The van der Waals surface area contributed by atoms with Crippen LogP contribution in [0.2, 0.25) is 0 Å². The number of hydrogen-bond donors (Lipinski definition) is 1. The average molecular weight is 447 g/mol. The fraction of sp³-hybridized carbons (Fsp3) is 0.136. The first-order valence-electron chi connectivity index (χ1n) is 9.70. The molecule has 0 bridgehead atoms. The molecule has 160 valence electrons. The molecule has 0 radical (unpaired) electrons. The van der Waals surface area contributed by atoms with Crippen LogP contribution in [0.15, 0.2) is 54.6 Å². The second kappa shape index (κ2) is 9.80. The van der Waals surface area contributed by atoms with E-state index in [0.717, 1.165) is 5.69 Å². The number of nitrogens with zero attached hydrogens (tertiary/aromatic N) is 6. The summed E-state index contributed by atoms with van der Waals surface area (Å²) in [5, 5.41) is 13.8. The molecule has 0 saturated heterocycles. The van der Waals surface area contributed by atoms with E-state index in [1.54, 1.807) is 35.3 Å². The molecular formula is C22H18FN7OS. The molecule has 10 heteroatoms. The van der Waals surface area contributed by atoms with Gasteiger partial charge in [-0.25, -0.2) is 15.0 Å². The minimum absolute atomic E-state index is 0.300. The summed E-state index contributed by atoms with van der Waals surface area (Å²) in [5.74, 6) is -0.858. The van der Waals surface area contributed by atoms with Crippen LogP contribution in [-0.2, 0) is 13.1 Å². The van der Waals surface area contributed by atoms with E-state index in [1.165, 1.54) is 23.6 Å². The number of rotatable bonds is 8. The maximum absolute atomic E-state index is 13.3. The summed E-state index contributed by atoms with van der Waals surface area (Å²) < 4.78 is 16.9. The summed E-state index contributed by atoms with van der Waals surface area (Å²) in [6.07, 6.45) is 10.8. The Hall–Kier alpha value is -4.10. The number of carbonyl (C=O) groups is 1. The van der Waals surface area contributed by atoms with Gasteiger partial charge >= 0.3 is 0 Å². The van der Waals surface area contributed by atoms with Crippen molar-refractivity contribution in [1.82, 2.24) is 24.1 Å². The lowest BCUT2D eigenvalue weighted by Crippen LogP contribution is -2.17. The molecule has 4 aromatic rings. The van der Waals surface area contributed by atoms with Gasteiger partial charge in [0.2, 0.25) is 5.95 Å². The topological polar surface area (TPSA) is 101 Å². The van der Waals surface area contributed by atoms with Crippen LogP contribution in [0, 0.1) is 17.3 Å². The van der Waals surface area contributed by atoms with Crippen LogP contribution < -0.4 is 5.32 Å². The standard InChI is InChI=1S/C22H18FN7OS/c23-20-11-16(6-8-25-20)12-30-10-1-3-19(30)21(31)28-22-27-18(14-32-22)5-4-17-13-29(15-26-17)9-2-7-24/h1,3-6,8,10-11,13-15H,2,9,12H2,(H,27,28,31)/b5-4+. The first-order chi connectivity index (χ1) is 15.6. The lowest BCUT2D eigenvalue weighted by Gasteiger charge is -2.09. The smallest absolute Gasteiger partial charge is 0.274 e. The quantitative estimate of drug-likeness (QED) is 0.411. The van der Waals surface area contributed by atoms with Crippen LogP contribution in [0.5, 0.6) is 0 Å². The van der Waals surface area contributed by atoms with Gasteiger partial charge in [-0.05, 0) is 42.0 Å². The van der Waals surface area contributed by atoms with Gasteiger partial charge in [0, 0.05) is 37.1 Å². The number of nitrogens with one attached hydrogen (secondary N) is 1. The molecule has 0 aliphatic heterocycles. The second-order valence-electron chi connectivity index (χ2n) is 6.82. The number of carbonyl (C=O) groups excluding carboxylic acids is 1. The van der Waals surface area contributed by atoms with Gasteiger partial charge in [-0.3, -0.25) is 10.1 Å². The van der Waals surface area contributed by atoms with E-state index < -0.39 is 5.95 Å². The second-order valence-corrected chi connectivity index (χ2v) is 7.68. The van der Waals surface area contributed by atoms with Crippen LogP contribution in [0.4, 0.5) is 9.52 Å². The molecule has 8 nitrogen and oxygen atoms in total. The third-order valence-corrected chi connectivity index (χ3v) is 5.28. The number of aromatic nitrogens is 5. The number of imidazole rings is 1. The molecule has 0 saturated carbocycles. The molecule has 4 heterocycles. The summed E-state index contributed by atoms with van der Waals surface area (Å²) in [4.78, 5) is 25.0. The molecule has 1 amide bonds. The van der Waals surface area contributed by atoms with Crippen molar-refractivity contribution in [2.75, 3.05) is 5.32 Å². The first kappa shape index (κ1) is 21.1. The number of thiazole rings is 1. The predicted molar refractivity (Wildman–Crippen MR) is 119 cm³/mol. The van der Waals surface area contributed by atoms with Crippen molar-refractivity contribution in [2.24, 2.45) is 0 Å². The van der Waals surface area contributed by atoms with Gasteiger partial charge in [-0.2, -0.15) is 9.65 Å². The Morgan fingerprint density at radius 3 is 3.00 bits per heavy atom. The average Bonchev–Trinajstić information content (AvgIpc) is 3.52. The van der Waals surface area contributed by atoms with Crippen molar-refractivity contribution in [3.05, 3.63) is 83.2 Å². The Labute approximate surface area is 187 Å². The molecule has 0 atom stereocenters. The minimum Gasteiger partial charge on any atom is -0.339 e. The van der Waals surface area contributed by atoms with Crippen LogP contribution in [-0.4, -0.2) is 30.0 Å². The van der Waals surface area contributed by atoms with E-state index >= 15 is 0 Å². The number of anilines is 1. The number of pyridine rings is 1. The highest BCUT2D eigenvalue weighted by atomic mass is 32.1. The molecule has 0 aliphatic rings. The number of amides is 1. The Bertz CT molecular complexity index is 1300. The van der Waals surface area contributed by atoms with Gasteiger partial charge in [0.05, 0.1) is 30.2 Å². The fourth-order valence-corrected chi connectivity index (χ4v) is 3.69. The highest BCUT2D eigenvalue weighted by molar-refractivity contribution is 7.14. The van der Waals surface area contributed by atoms with E-state index in [0.29, 0.717) is 41.6 Å². The SMILES string of the molecule is N#CCCn1cnc(/C=C/c2csc(NC(=O)c3cccn3Cc3ccnc(F)c3)n2)c1. The Balaban J connectivity index is 1.39. The lowest BCUT2D eigenvalue weighted by molar-refractivity contribution is 0.101. The van der Waals surface area contributed by atoms with Crippen molar-refractivity contribution >= 4 is 34.5 Å². The van der Waals surface area contributed by atoms with E-state index in [1.807, 2.05) is 28.3 Å². The Morgan fingerprint density at radius 2 is 2.16 bits per heavy atom. The van der Waals surface area contributed by atoms with Crippen LogP contribution in [0.25, 0.3) is 12.2 Å². The lowest BCUT2D eigenvalue weighted by atomic mass is 10.2. The van der Waals surface area contributed by atoms with Gasteiger partial charge < -0.3 is 9.13 Å². The molecular weight excluding hydrogens is 429 g/mol. The first-order valence-corrected chi connectivity index (χ1v) is 10.6. The summed E-state index contributed by atoms with van der Waals surface area (Å²) >= 11 is 1.32. The van der Waals surface area contributed by atoms with Crippen molar-refractivity contribution in [1.29, 1.82) is 5.26 Å². The zero-order valence-corrected chi connectivity index (χ0v) is 17.7. The van der Waals surface area contributed by atoms with Gasteiger partial charge in [0.1, 0.15) is 5.69 Å². The number of halogens is 1. The highest BCUT2D eigenvalue weighted by Crippen LogP contribution is 2.19. The molecule has 4 rings (SSSR count). The molecule has 0 spiro atoms. The molecule has 0 fully saturated rings. The zero-order chi connectivity index (χ0) is 22.3. The van der Waals surface area contributed by atoms with E-state index in [-0.39, 0.29) is 5.91 Å². The van der Waals surface area contributed by atoms with Gasteiger partial charge in [0.15, 0.2) is 5.13 Å². The summed E-state index contributed by atoms with van der Waals surface area (Å²) in [5.41, 5.74) is 2.60. The van der Waals surface area contributed by atoms with Crippen LogP contribution in [0.1, 0.15) is 33.9 Å². The maximum atomic E-state index is 13.3. The Kier molecular flexibility index (Phi) is 6.48. The summed E-state index contributed by atoms with van der Waals surface area (Å²) in [6.45, 7) is 0.949. The maximum Gasteiger partial charge on any atom is 0.274 e. The van der Waals surface area contributed by atoms with Gasteiger partial charge in [-0.15, -0.1) is 11.3 Å². The van der Waals surface area contributed by atoms with E-state index in [2.05, 4.69) is 26.3 Å². The zero-order valence-electron chi connectivity index (χ0n) is 16.8. The van der Waals surface area contributed by atoms with Gasteiger partial charge in [-0.1, -0.05) is 0 Å². The largest absolute Gasteiger partial charge is 0.339 e. The van der Waals surface area contributed by atoms with E-state index in [4.69, 9.17) is 5.26 Å². The van der Waals surface area contributed by atoms with Crippen molar-refractivity contribution in [3.63, 3.8) is 0 Å². The minimum atomic E-state index is -0.557. The number of aryl methyl sites for hydroxylation is 1. The highest BCUT2D eigenvalue weighted by Gasteiger charge is 2.13. The third-order valence-electron chi connectivity index (χ3n) is 4.51. The molecule has 4 aromatic heterocycles. The molecule has 0 unspecified atom stereocenters. The monoisotopic (exact) mass is 447 g/mol. The van der Waals surface area contributed by atoms with Crippen LogP contribution >= 0.6 is 11.3 Å². The fourth-order valence-electron chi connectivity index (χ4n) is 3.01. The molecule has 32 heavy (non-hydrogen) atoms. The molecule has 0 aromatic carbocycles. The summed E-state index contributed by atoms with van der Waals surface area (Å²) in [6, 6.07) is 8.61. The van der Waals surface area contributed by atoms with Crippen molar-refractivity contribution < 1.29 is 9.18 Å². The van der Waals surface area contributed by atoms with Crippen LogP contribution in [0.3, 0.4) is 0 Å². The number of nitriles is 1. The third kappa shape index (κ3) is 5.33. The predicted octanol–water partition coefficient (Wildman–Crippen LogP) is 4.06.